The Labute approximate surface area is 94.0 Å². The van der Waals surface area contributed by atoms with E-state index in [-0.39, 0.29) is 0 Å². The molecular formula is C12H14BrN. The van der Waals surface area contributed by atoms with Crippen molar-refractivity contribution < 1.29 is 0 Å². The molecule has 0 saturated heterocycles. The van der Waals surface area contributed by atoms with Crippen LogP contribution in [0.25, 0.3) is 0 Å². The number of rotatable bonds is 4. The second-order valence-electron chi connectivity index (χ2n) is 3.23. The average molecular weight is 252 g/mol. The largest absolute Gasteiger partial charge is 0.316 e. The summed E-state index contributed by atoms with van der Waals surface area (Å²) in [6.45, 7) is 0. The maximum absolute atomic E-state index is 5.29. The molecule has 0 spiro atoms. The first kappa shape index (κ1) is 11.3. The lowest BCUT2D eigenvalue weighted by Crippen LogP contribution is -2.26. The fourth-order valence-corrected chi connectivity index (χ4v) is 1.81. The van der Waals surface area contributed by atoms with Gasteiger partial charge in [0.25, 0.3) is 0 Å². The monoisotopic (exact) mass is 251 g/mol. The molecule has 1 nitrogen and oxygen atoms in total. The Morgan fingerprint density at radius 3 is 2.93 bits per heavy atom. The zero-order valence-corrected chi connectivity index (χ0v) is 9.84. The van der Waals surface area contributed by atoms with Gasteiger partial charge in [-0.1, -0.05) is 28.1 Å². The minimum Gasteiger partial charge on any atom is -0.316 e. The van der Waals surface area contributed by atoms with Crippen molar-refractivity contribution in [1.82, 2.24) is 5.32 Å². The zero-order chi connectivity index (χ0) is 10.4. The van der Waals surface area contributed by atoms with Crippen molar-refractivity contribution in [2.24, 2.45) is 0 Å². The molecule has 1 unspecified atom stereocenters. The van der Waals surface area contributed by atoms with E-state index in [1.807, 2.05) is 19.2 Å². The Morgan fingerprint density at radius 2 is 2.36 bits per heavy atom. The third kappa shape index (κ3) is 3.53. The third-order valence-corrected chi connectivity index (χ3v) is 2.64. The number of hydrogen-bond acceptors (Lipinski definition) is 1. The van der Waals surface area contributed by atoms with Crippen LogP contribution in [0.15, 0.2) is 28.7 Å². The zero-order valence-electron chi connectivity index (χ0n) is 8.26. The van der Waals surface area contributed by atoms with Crippen molar-refractivity contribution in [3.05, 3.63) is 34.3 Å². The van der Waals surface area contributed by atoms with Crippen LogP contribution in [0.5, 0.6) is 0 Å². The Hall–Kier alpha value is -0.780. The first-order valence-electron chi connectivity index (χ1n) is 4.61. The van der Waals surface area contributed by atoms with Gasteiger partial charge in [0.2, 0.25) is 0 Å². The number of hydrogen-bond donors (Lipinski definition) is 1. The molecule has 2 heteroatoms. The van der Waals surface area contributed by atoms with Gasteiger partial charge in [0.1, 0.15) is 0 Å². The first-order chi connectivity index (χ1) is 6.76. The minimum absolute atomic E-state index is 0.370. The fourth-order valence-electron chi connectivity index (χ4n) is 1.37. The fraction of sp³-hybridized carbons (Fsp3) is 0.333. The molecule has 0 amide bonds. The lowest BCUT2D eigenvalue weighted by molar-refractivity contribution is 0.573. The van der Waals surface area contributed by atoms with Crippen molar-refractivity contribution in [3.8, 4) is 12.3 Å². The van der Waals surface area contributed by atoms with E-state index < -0.39 is 0 Å². The molecule has 1 aromatic rings. The molecule has 0 fully saturated rings. The van der Waals surface area contributed by atoms with Crippen LogP contribution in [0.1, 0.15) is 12.0 Å². The van der Waals surface area contributed by atoms with Crippen LogP contribution in [-0.4, -0.2) is 13.1 Å². The van der Waals surface area contributed by atoms with Crippen LogP contribution in [0.2, 0.25) is 0 Å². The van der Waals surface area contributed by atoms with Gasteiger partial charge in [-0.3, -0.25) is 0 Å². The van der Waals surface area contributed by atoms with Gasteiger partial charge >= 0.3 is 0 Å². The van der Waals surface area contributed by atoms with Crippen molar-refractivity contribution in [2.75, 3.05) is 7.05 Å². The quantitative estimate of drug-likeness (QED) is 0.812. The van der Waals surface area contributed by atoms with Crippen molar-refractivity contribution >= 4 is 15.9 Å². The van der Waals surface area contributed by atoms with Crippen LogP contribution >= 0.6 is 15.9 Å². The minimum atomic E-state index is 0.370. The van der Waals surface area contributed by atoms with Crippen LogP contribution in [0.3, 0.4) is 0 Å². The smallest absolute Gasteiger partial charge is 0.0243 e. The number of likely N-dealkylation sites (N-methyl/N-ethyl adjacent to an activating group) is 1. The molecule has 1 rings (SSSR count). The summed E-state index contributed by atoms with van der Waals surface area (Å²) in [6, 6.07) is 8.68. The van der Waals surface area contributed by atoms with Crippen molar-refractivity contribution in [1.29, 1.82) is 0 Å². The van der Waals surface area contributed by atoms with Gasteiger partial charge in [0.15, 0.2) is 0 Å². The van der Waals surface area contributed by atoms with Gasteiger partial charge in [-0.05, 0) is 31.2 Å². The Kier molecular flexibility index (Phi) is 4.72. The molecule has 74 valence electrons. The molecule has 0 bridgehead atoms. The molecule has 0 aliphatic rings. The highest BCUT2D eigenvalue weighted by Crippen LogP contribution is 2.13. The highest BCUT2D eigenvalue weighted by Gasteiger charge is 2.05. The first-order valence-corrected chi connectivity index (χ1v) is 5.40. The summed E-state index contributed by atoms with van der Waals surface area (Å²) in [5.74, 6) is 2.68. The predicted octanol–water partition coefficient (Wildman–Crippen LogP) is 2.60. The third-order valence-electron chi connectivity index (χ3n) is 2.14. The molecular weight excluding hydrogens is 238 g/mol. The van der Waals surface area contributed by atoms with Gasteiger partial charge in [-0.25, -0.2) is 0 Å². The standard InChI is InChI=1S/C12H14BrN/c1-3-5-12(14-2)9-10-6-4-7-11(13)8-10/h1,4,6-8,12,14H,5,9H2,2H3. The van der Waals surface area contributed by atoms with Crippen molar-refractivity contribution in [3.63, 3.8) is 0 Å². The normalized spacial score (nSPS) is 12.1. The second kappa shape index (κ2) is 5.85. The van der Waals surface area contributed by atoms with Gasteiger partial charge in [-0.2, -0.15) is 0 Å². The number of halogens is 1. The average Bonchev–Trinajstić information content (AvgIpc) is 2.17. The molecule has 0 aliphatic heterocycles. The van der Waals surface area contributed by atoms with Gasteiger partial charge in [-0.15, -0.1) is 12.3 Å². The van der Waals surface area contributed by atoms with E-state index >= 15 is 0 Å². The van der Waals surface area contributed by atoms with E-state index in [1.54, 1.807) is 0 Å². The molecule has 0 heterocycles. The van der Waals surface area contributed by atoms with E-state index in [2.05, 4.69) is 39.3 Å². The highest BCUT2D eigenvalue weighted by molar-refractivity contribution is 9.10. The number of terminal acetylenes is 1. The summed E-state index contributed by atoms with van der Waals surface area (Å²) in [7, 11) is 1.94. The molecule has 1 atom stereocenters. The molecule has 1 aromatic carbocycles. The molecule has 1 N–H and O–H groups in total. The molecule has 0 radical (unpaired) electrons. The van der Waals surface area contributed by atoms with Crippen LogP contribution < -0.4 is 5.32 Å². The van der Waals surface area contributed by atoms with E-state index in [1.165, 1.54) is 5.56 Å². The Balaban J connectivity index is 2.63. The van der Waals surface area contributed by atoms with E-state index in [0.29, 0.717) is 6.04 Å². The predicted molar refractivity (Wildman–Crippen MR) is 64.1 cm³/mol. The maximum atomic E-state index is 5.29. The van der Waals surface area contributed by atoms with Gasteiger partial charge < -0.3 is 5.32 Å². The van der Waals surface area contributed by atoms with Crippen molar-refractivity contribution in [2.45, 2.75) is 18.9 Å². The van der Waals surface area contributed by atoms with E-state index in [9.17, 15) is 0 Å². The SMILES string of the molecule is C#CCC(Cc1cccc(Br)c1)NC. The molecule has 0 saturated carbocycles. The van der Waals surface area contributed by atoms with Crippen LogP contribution in [-0.2, 0) is 6.42 Å². The summed E-state index contributed by atoms with van der Waals surface area (Å²) in [4.78, 5) is 0. The molecule has 0 aliphatic carbocycles. The van der Waals surface area contributed by atoms with Crippen LogP contribution in [0, 0.1) is 12.3 Å². The summed E-state index contributed by atoms with van der Waals surface area (Å²) in [5, 5.41) is 3.21. The summed E-state index contributed by atoms with van der Waals surface area (Å²) in [5.41, 5.74) is 1.30. The van der Waals surface area contributed by atoms with Gasteiger partial charge in [0, 0.05) is 16.9 Å². The van der Waals surface area contributed by atoms with E-state index in [0.717, 1.165) is 17.3 Å². The lowest BCUT2D eigenvalue weighted by atomic mass is 10.0. The number of benzene rings is 1. The van der Waals surface area contributed by atoms with Gasteiger partial charge in [0.05, 0.1) is 0 Å². The summed E-state index contributed by atoms with van der Waals surface area (Å²) in [6.07, 6.45) is 7.03. The number of nitrogens with one attached hydrogen (secondary N) is 1. The topological polar surface area (TPSA) is 12.0 Å². The highest BCUT2D eigenvalue weighted by atomic mass is 79.9. The summed E-state index contributed by atoms with van der Waals surface area (Å²) >= 11 is 3.45. The second-order valence-corrected chi connectivity index (χ2v) is 4.14. The Bertz CT molecular complexity index is 327. The lowest BCUT2D eigenvalue weighted by Gasteiger charge is -2.13. The van der Waals surface area contributed by atoms with Crippen LogP contribution in [0.4, 0.5) is 0 Å². The maximum Gasteiger partial charge on any atom is 0.0243 e. The van der Waals surface area contributed by atoms with E-state index in [4.69, 9.17) is 6.42 Å². The summed E-state index contributed by atoms with van der Waals surface area (Å²) < 4.78 is 1.12. The Morgan fingerprint density at radius 1 is 1.57 bits per heavy atom. The molecule has 0 aromatic heterocycles. The molecule has 14 heavy (non-hydrogen) atoms.